The molecule has 0 aromatic carbocycles. The summed E-state index contributed by atoms with van der Waals surface area (Å²) < 4.78 is 20.0. The molecule has 2 N–H and O–H groups in total. The van der Waals surface area contributed by atoms with Crippen molar-refractivity contribution in [3.63, 3.8) is 0 Å². The van der Waals surface area contributed by atoms with E-state index in [2.05, 4.69) is 4.90 Å². The number of aromatic nitrogens is 3. The second kappa shape index (κ2) is 12.7. The molecule has 0 saturated carbocycles. The van der Waals surface area contributed by atoms with Gasteiger partial charge in [-0.2, -0.15) is 5.10 Å². The molecule has 11 nitrogen and oxygen atoms in total. The Kier molecular flexibility index (Phi) is 9.88. The second-order valence-corrected chi connectivity index (χ2v) is 10.6. The lowest BCUT2D eigenvalue weighted by atomic mass is 10.1. The molecular formula is C26H42N6O5. The number of hydrogen-bond donors (Lipinski definition) is 1. The van der Waals surface area contributed by atoms with Crippen molar-refractivity contribution in [1.29, 1.82) is 0 Å². The predicted octanol–water partition coefficient (Wildman–Crippen LogP) is 2.91. The van der Waals surface area contributed by atoms with E-state index in [4.69, 9.17) is 25.2 Å². The molecule has 11 heteroatoms. The van der Waals surface area contributed by atoms with Crippen LogP contribution in [0.15, 0.2) is 23.1 Å². The lowest BCUT2D eigenvalue weighted by Gasteiger charge is -2.25. The van der Waals surface area contributed by atoms with E-state index in [0.717, 1.165) is 46.8 Å². The van der Waals surface area contributed by atoms with E-state index in [1.54, 1.807) is 38.5 Å². The third-order valence-corrected chi connectivity index (χ3v) is 6.18. The first-order valence-corrected chi connectivity index (χ1v) is 12.8. The zero-order chi connectivity index (χ0) is 27.2. The smallest absolute Gasteiger partial charge is 0.424 e. The third-order valence-electron chi connectivity index (χ3n) is 6.18. The summed E-state index contributed by atoms with van der Waals surface area (Å²) >= 11 is 0. The molecule has 0 bridgehead atoms. The number of carbonyl (C=O) groups excluding carboxylic acids is 1. The van der Waals surface area contributed by atoms with Crippen LogP contribution in [0.25, 0.3) is 11.3 Å². The lowest BCUT2D eigenvalue weighted by Crippen LogP contribution is -2.44. The standard InChI is InChI=1S/C26H42N6O5/c1-19-15-20(16-22(33)30(19)12-14-35-6)24-21(18-32(28-24)23-9-7-8-13-36-23)17-29(5)10-11-31(27)25(34)37-26(2,3)4/h15-16,18,23H,7-14,17,27H2,1-6H3. The minimum Gasteiger partial charge on any atom is -0.443 e. The van der Waals surface area contributed by atoms with Crippen molar-refractivity contribution in [2.75, 3.05) is 40.5 Å². The summed E-state index contributed by atoms with van der Waals surface area (Å²) in [6.07, 6.45) is 4.34. The van der Waals surface area contributed by atoms with Crippen LogP contribution in [0.1, 0.15) is 57.5 Å². The highest BCUT2D eigenvalue weighted by atomic mass is 16.6. The molecule has 1 aliphatic heterocycles. The third kappa shape index (κ3) is 8.13. The largest absolute Gasteiger partial charge is 0.443 e. The van der Waals surface area contributed by atoms with Crippen LogP contribution >= 0.6 is 0 Å². The first kappa shape index (κ1) is 28.8. The Morgan fingerprint density at radius 1 is 1.27 bits per heavy atom. The molecule has 2 aromatic rings. The van der Waals surface area contributed by atoms with Gasteiger partial charge in [0.25, 0.3) is 5.56 Å². The normalized spacial score (nSPS) is 16.3. The minimum atomic E-state index is -0.610. The Bertz CT molecular complexity index is 1100. The van der Waals surface area contributed by atoms with Crippen molar-refractivity contribution in [1.82, 2.24) is 24.3 Å². The van der Waals surface area contributed by atoms with Crippen LogP contribution in [0, 0.1) is 6.92 Å². The summed E-state index contributed by atoms with van der Waals surface area (Å²) in [5, 5.41) is 5.97. The maximum Gasteiger partial charge on any atom is 0.424 e. The molecule has 1 aliphatic rings. The Morgan fingerprint density at radius 3 is 2.65 bits per heavy atom. The lowest BCUT2D eigenvalue weighted by molar-refractivity contribution is -0.0394. The number of ether oxygens (including phenoxy) is 3. The number of likely N-dealkylation sites (N-methyl/N-ethyl adjacent to an activating group) is 1. The predicted molar refractivity (Wildman–Crippen MR) is 141 cm³/mol. The van der Waals surface area contributed by atoms with Gasteiger partial charge in [-0.1, -0.05) is 0 Å². The van der Waals surface area contributed by atoms with Gasteiger partial charge in [-0.25, -0.2) is 20.3 Å². The molecule has 0 radical (unpaired) electrons. The van der Waals surface area contributed by atoms with Gasteiger partial charge in [0, 0.05) is 62.4 Å². The van der Waals surface area contributed by atoms with Gasteiger partial charge in [-0.05, 0) is 60.1 Å². The molecular weight excluding hydrogens is 476 g/mol. The van der Waals surface area contributed by atoms with Gasteiger partial charge in [0.1, 0.15) is 11.8 Å². The molecule has 1 amide bonds. The SMILES string of the molecule is COCCn1c(C)cc(-c2nn(C3CCCCO3)cc2CN(C)CCN(N)C(=O)OC(C)(C)C)cc1=O. The summed E-state index contributed by atoms with van der Waals surface area (Å²) in [7, 11) is 3.57. The quantitative estimate of drug-likeness (QED) is 0.290. The van der Waals surface area contributed by atoms with E-state index in [-0.39, 0.29) is 11.8 Å². The number of hydrogen-bond acceptors (Lipinski definition) is 8. The van der Waals surface area contributed by atoms with Crippen LogP contribution in [0.5, 0.6) is 0 Å². The van der Waals surface area contributed by atoms with Crippen molar-refractivity contribution in [2.45, 2.75) is 71.9 Å². The van der Waals surface area contributed by atoms with E-state index >= 15 is 0 Å². The van der Waals surface area contributed by atoms with Crippen LogP contribution < -0.4 is 11.4 Å². The van der Waals surface area contributed by atoms with Crippen LogP contribution in [-0.2, 0) is 27.3 Å². The Labute approximate surface area is 219 Å². The van der Waals surface area contributed by atoms with Crippen LogP contribution in [0.4, 0.5) is 4.79 Å². The summed E-state index contributed by atoms with van der Waals surface area (Å²) in [4.78, 5) is 27.2. The molecule has 1 atom stereocenters. The number of amides is 1. The fraction of sp³-hybridized carbons (Fsp3) is 0.654. The molecule has 3 rings (SSSR count). The molecule has 1 fully saturated rings. The van der Waals surface area contributed by atoms with Gasteiger partial charge in [-0.3, -0.25) is 4.79 Å². The average molecular weight is 519 g/mol. The zero-order valence-corrected chi connectivity index (χ0v) is 23.0. The van der Waals surface area contributed by atoms with Crippen molar-refractivity contribution < 1.29 is 19.0 Å². The van der Waals surface area contributed by atoms with Gasteiger partial charge >= 0.3 is 6.09 Å². The zero-order valence-electron chi connectivity index (χ0n) is 23.0. The highest BCUT2D eigenvalue weighted by Gasteiger charge is 2.23. The van der Waals surface area contributed by atoms with E-state index in [9.17, 15) is 9.59 Å². The number of hydrazine groups is 1. The van der Waals surface area contributed by atoms with Gasteiger partial charge < -0.3 is 23.7 Å². The molecule has 0 aliphatic carbocycles. The fourth-order valence-electron chi connectivity index (χ4n) is 4.26. The van der Waals surface area contributed by atoms with Gasteiger partial charge in [0.05, 0.1) is 18.8 Å². The Morgan fingerprint density at radius 2 is 2.03 bits per heavy atom. The van der Waals surface area contributed by atoms with E-state index in [1.807, 2.05) is 30.9 Å². The van der Waals surface area contributed by atoms with Crippen LogP contribution in [0.3, 0.4) is 0 Å². The molecule has 1 saturated heterocycles. The second-order valence-electron chi connectivity index (χ2n) is 10.6. The highest BCUT2D eigenvalue weighted by molar-refractivity contribution is 5.67. The number of pyridine rings is 1. The number of carbonyl (C=O) groups is 1. The Hall–Kier alpha value is -2.73. The maximum atomic E-state index is 12.9. The molecule has 2 aromatic heterocycles. The number of nitrogens with zero attached hydrogens (tertiary/aromatic N) is 5. The molecule has 0 spiro atoms. The first-order valence-electron chi connectivity index (χ1n) is 12.8. The molecule has 3 heterocycles. The topological polar surface area (TPSA) is 117 Å². The fourth-order valence-corrected chi connectivity index (χ4v) is 4.26. The van der Waals surface area contributed by atoms with Crippen LogP contribution in [-0.4, -0.2) is 76.4 Å². The van der Waals surface area contributed by atoms with E-state index < -0.39 is 11.7 Å². The number of aryl methyl sites for hydroxylation is 1. The monoisotopic (exact) mass is 518 g/mol. The summed E-state index contributed by atoms with van der Waals surface area (Å²) in [6.45, 7) is 10.4. The molecule has 1 unspecified atom stereocenters. The summed E-state index contributed by atoms with van der Waals surface area (Å²) in [5.41, 5.74) is 2.62. The number of rotatable bonds is 10. The summed E-state index contributed by atoms with van der Waals surface area (Å²) in [5.74, 6) is 5.92. The molecule has 206 valence electrons. The van der Waals surface area contributed by atoms with Crippen molar-refractivity contribution in [3.05, 3.63) is 39.9 Å². The van der Waals surface area contributed by atoms with Gasteiger partial charge in [0.2, 0.25) is 0 Å². The van der Waals surface area contributed by atoms with E-state index in [1.165, 1.54) is 0 Å². The van der Waals surface area contributed by atoms with Crippen LogP contribution in [0.2, 0.25) is 0 Å². The molecule has 37 heavy (non-hydrogen) atoms. The first-order chi connectivity index (χ1) is 17.5. The van der Waals surface area contributed by atoms with Gasteiger partial charge in [0.15, 0.2) is 0 Å². The van der Waals surface area contributed by atoms with E-state index in [0.29, 0.717) is 39.4 Å². The summed E-state index contributed by atoms with van der Waals surface area (Å²) in [6, 6.07) is 3.61. The van der Waals surface area contributed by atoms with Gasteiger partial charge in [-0.15, -0.1) is 0 Å². The number of methoxy groups -OCH3 is 1. The number of nitrogens with two attached hydrogens (primary N) is 1. The van der Waals surface area contributed by atoms with Crippen molar-refractivity contribution >= 4 is 6.09 Å². The maximum absolute atomic E-state index is 12.9. The van der Waals surface area contributed by atoms with Crippen molar-refractivity contribution in [2.24, 2.45) is 5.84 Å². The van der Waals surface area contributed by atoms with Crippen molar-refractivity contribution in [3.8, 4) is 11.3 Å². The minimum absolute atomic E-state index is 0.0917. The highest BCUT2D eigenvalue weighted by Crippen LogP contribution is 2.28. The Balaban J connectivity index is 1.81. The average Bonchev–Trinajstić information content (AvgIpc) is 3.25.